The van der Waals surface area contributed by atoms with Crippen molar-refractivity contribution >= 4 is 39.3 Å². The summed E-state index contributed by atoms with van der Waals surface area (Å²) in [6, 6.07) is 16.4. The van der Waals surface area contributed by atoms with E-state index in [1.165, 1.54) is 11.1 Å². The van der Waals surface area contributed by atoms with Crippen molar-refractivity contribution in [1.82, 2.24) is 0 Å². The molecule has 0 aliphatic heterocycles. The first kappa shape index (κ1) is 13.0. The van der Waals surface area contributed by atoms with Gasteiger partial charge in [-0.1, -0.05) is 57.9 Å². The summed E-state index contributed by atoms with van der Waals surface area (Å²) >= 11 is 11.5. The molecule has 2 rings (SSSR count). The largest absolute Gasteiger partial charge is 0.152 e. The Kier molecular flexibility index (Phi) is 4.96. The van der Waals surface area contributed by atoms with E-state index in [-0.39, 0.29) is 0 Å². The molecule has 0 bridgehead atoms. The lowest BCUT2D eigenvalue weighted by atomic mass is 10.2. The monoisotopic (exact) mass is 326 g/mol. The van der Waals surface area contributed by atoms with Gasteiger partial charge in [-0.2, -0.15) is 11.8 Å². The Labute approximate surface area is 120 Å². The van der Waals surface area contributed by atoms with Gasteiger partial charge in [-0.15, -0.1) is 0 Å². The average molecular weight is 328 g/mol. The van der Waals surface area contributed by atoms with Crippen molar-refractivity contribution < 1.29 is 0 Å². The molecule has 2 aromatic rings. The van der Waals surface area contributed by atoms with E-state index in [0.717, 1.165) is 21.0 Å². The fourth-order valence-corrected chi connectivity index (χ4v) is 3.24. The lowest BCUT2D eigenvalue weighted by Gasteiger charge is -2.04. The average Bonchev–Trinajstić information content (AvgIpc) is 2.32. The first-order chi connectivity index (χ1) is 8.25. The van der Waals surface area contributed by atoms with Crippen molar-refractivity contribution in [1.29, 1.82) is 0 Å². The molecule has 0 amide bonds. The molecular formula is C14H12BrClS. The van der Waals surface area contributed by atoms with E-state index in [0.29, 0.717) is 0 Å². The van der Waals surface area contributed by atoms with Crippen LogP contribution in [0.5, 0.6) is 0 Å². The number of hydrogen-bond acceptors (Lipinski definition) is 1. The highest BCUT2D eigenvalue weighted by molar-refractivity contribution is 9.10. The maximum absolute atomic E-state index is 6.11. The van der Waals surface area contributed by atoms with Gasteiger partial charge in [0.05, 0.1) is 0 Å². The highest BCUT2D eigenvalue weighted by Crippen LogP contribution is 2.24. The molecular weight excluding hydrogens is 316 g/mol. The number of rotatable bonds is 4. The fraction of sp³-hybridized carbons (Fsp3) is 0.143. The van der Waals surface area contributed by atoms with Crippen LogP contribution in [0.15, 0.2) is 53.0 Å². The Morgan fingerprint density at radius 3 is 2.59 bits per heavy atom. The minimum Gasteiger partial charge on any atom is -0.152 e. The number of thioether (sulfide) groups is 1. The summed E-state index contributed by atoms with van der Waals surface area (Å²) in [6.07, 6.45) is 0. The topological polar surface area (TPSA) is 0 Å². The van der Waals surface area contributed by atoms with Crippen molar-refractivity contribution in [3.05, 3.63) is 69.2 Å². The van der Waals surface area contributed by atoms with Crippen LogP contribution >= 0.6 is 39.3 Å². The summed E-state index contributed by atoms with van der Waals surface area (Å²) in [5.74, 6) is 1.96. The zero-order valence-corrected chi connectivity index (χ0v) is 12.4. The molecule has 0 aliphatic rings. The van der Waals surface area contributed by atoms with Gasteiger partial charge >= 0.3 is 0 Å². The van der Waals surface area contributed by atoms with E-state index in [1.807, 2.05) is 36.0 Å². The van der Waals surface area contributed by atoms with E-state index in [9.17, 15) is 0 Å². The van der Waals surface area contributed by atoms with Crippen LogP contribution in [0, 0.1) is 0 Å². The minimum absolute atomic E-state index is 0.856. The SMILES string of the molecule is Clc1ccccc1CSCc1cccc(Br)c1. The molecule has 3 heteroatoms. The Morgan fingerprint density at radius 2 is 1.82 bits per heavy atom. The molecule has 0 aromatic heterocycles. The first-order valence-electron chi connectivity index (χ1n) is 5.31. The van der Waals surface area contributed by atoms with Crippen molar-refractivity contribution in [2.45, 2.75) is 11.5 Å². The van der Waals surface area contributed by atoms with Crippen LogP contribution in [0.3, 0.4) is 0 Å². The molecule has 0 saturated carbocycles. The minimum atomic E-state index is 0.856. The Bertz CT molecular complexity index is 499. The Balaban J connectivity index is 1.90. The third-order valence-corrected chi connectivity index (χ3v) is 4.29. The highest BCUT2D eigenvalue weighted by atomic mass is 79.9. The lowest BCUT2D eigenvalue weighted by molar-refractivity contribution is 1.36. The third-order valence-electron chi connectivity index (χ3n) is 2.37. The number of hydrogen-bond donors (Lipinski definition) is 0. The summed E-state index contributed by atoms with van der Waals surface area (Å²) in [7, 11) is 0. The van der Waals surface area contributed by atoms with Crippen LogP contribution in [0.4, 0.5) is 0 Å². The molecule has 0 atom stereocenters. The van der Waals surface area contributed by atoms with Crippen LogP contribution < -0.4 is 0 Å². The second kappa shape index (κ2) is 6.48. The summed E-state index contributed by atoms with van der Waals surface area (Å²) in [5.41, 5.74) is 2.53. The van der Waals surface area contributed by atoms with Gasteiger partial charge in [-0.3, -0.25) is 0 Å². The second-order valence-corrected chi connectivity index (χ2v) is 6.02. The fourth-order valence-electron chi connectivity index (χ4n) is 1.52. The van der Waals surface area contributed by atoms with E-state index >= 15 is 0 Å². The van der Waals surface area contributed by atoms with Crippen LogP contribution in [0.25, 0.3) is 0 Å². The van der Waals surface area contributed by atoms with E-state index in [4.69, 9.17) is 11.6 Å². The van der Waals surface area contributed by atoms with Crippen LogP contribution in [-0.2, 0) is 11.5 Å². The van der Waals surface area contributed by atoms with Gasteiger partial charge in [-0.05, 0) is 29.3 Å². The summed E-state index contributed by atoms with van der Waals surface area (Å²) < 4.78 is 1.13. The molecule has 0 unspecified atom stereocenters. The number of benzene rings is 2. The molecule has 0 spiro atoms. The van der Waals surface area contributed by atoms with E-state index < -0.39 is 0 Å². The molecule has 0 heterocycles. The van der Waals surface area contributed by atoms with Crippen molar-refractivity contribution in [3.63, 3.8) is 0 Å². The normalized spacial score (nSPS) is 10.5. The molecule has 0 fully saturated rings. The summed E-state index contributed by atoms with van der Waals surface area (Å²) in [5, 5.41) is 0.856. The molecule has 0 N–H and O–H groups in total. The standard InChI is InChI=1S/C14H12BrClS/c15-13-6-3-4-11(8-13)9-17-10-12-5-1-2-7-14(12)16/h1-8H,9-10H2. The van der Waals surface area contributed by atoms with Crippen LogP contribution in [0.1, 0.15) is 11.1 Å². The van der Waals surface area contributed by atoms with Crippen molar-refractivity contribution in [2.75, 3.05) is 0 Å². The van der Waals surface area contributed by atoms with Gasteiger partial charge in [0.15, 0.2) is 0 Å². The maximum atomic E-state index is 6.11. The predicted molar refractivity (Wildman–Crippen MR) is 80.6 cm³/mol. The first-order valence-corrected chi connectivity index (χ1v) is 7.64. The van der Waals surface area contributed by atoms with Crippen LogP contribution in [0.2, 0.25) is 5.02 Å². The molecule has 0 radical (unpaired) electrons. The van der Waals surface area contributed by atoms with E-state index in [1.54, 1.807) is 0 Å². The van der Waals surface area contributed by atoms with Gasteiger partial charge in [0.25, 0.3) is 0 Å². The predicted octanol–water partition coefficient (Wildman–Crippen LogP) is 5.54. The summed E-state index contributed by atoms with van der Waals surface area (Å²) in [4.78, 5) is 0. The Hall–Kier alpha value is -0.440. The third kappa shape index (κ3) is 4.06. The second-order valence-electron chi connectivity index (χ2n) is 3.71. The smallest absolute Gasteiger partial charge is 0.0446 e. The molecule has 17 heavy (non-hydrogen) atoms. The number of halogens is 2. The molecule has 0 nitrogen and oxygen atoms in total. The van der Waals surface area contributed by atoms with Crippen molar-refractivity contribution in [2.24, 2.45) is 0 Å². The maximum Gasteiger partial charge on any atom is 0.0446 e. The van der Waals surface area contributed by atoms with Gasteiger partial charge in [0.1, 0.15) is 0 Å². The molecule has 0 saturated heterocycles. The van der Waals surface area contributed by atoms with Gasteiger partial charge in [0.2, 0.25) is 0 Å². The van der Waals surface area contributed by atoms with Gasteiger partial charge in [-0.25, -0.2) is 0 Å². The molecule has 88 valence electrons. The summed E-state index contributed by atoms with van der Waals surface area (Å²) in [6.45, 7) is 0. The quantitative estimate of drug-likeness (QED) is 0.711. The van der Waals surface area contributed by atoms with Crippen molar-refractivity contribution in [3.8, 4) is 0 Å². The lowest BCUT2D eigenvalue weighted by Crippen LogP contribution is -1.84. The molecule has 0 aliphatic carbocycles. The zero-order chi connectivity index (χ0) is 12.1. The Morgan fingerprint density at radius 1 is 1.00 bits per heavy atom. The highest BCUT2D eigenvalue weighted by Gasteiger charge is 2.00. The van der Waals surface area contributed by atoms with Crippen LogP contribution in [-0.4, -0.2) is 0 Å². The van der Waals surface area contributed by atoms with E-state index in [2.05, 4.69) is 40.2 Å². The van der Waals surface area contributed by atoms with Gasteiger partial charge in [0, 0.05) is 21.0 Å². The van der Waals surface area contributed by atoms with Gasteiger partial charge < -0.3 is 0 Å². The molecule has 2 aromatic carbocycles. The zero-order valence-electron chi connectivity index (χ0n) is 9.20.